The lowest BCUT2D eigenvalue weighted by molar-refractivity contribution is -0.120. The van der Waals surface area contributed by atoms with E-state index in [1.807, 2.05) is 36.1 Å². The van der Waals surface area contributed by atoms with Crippen molar-refractivity contribution in [3.05, 3.63) is 52.8 Å². The second-order valence-electron chi connectivity index (χ2n) is 8.68. The van der Waals surface area contributed by atoms with E-state index in [0.29, 0.717) is 37.8 Å². The van der Waals surface area contributed by atoms with Crippen LogP contribution in [0.5, 0.6) is 0 Å². The minimum atomic E-state index is -0.376. The molecule has 1 aromatic carbocycles. The second kappa shape index (κ2) is 10.9. The van der Waals surface area contributed by atoms with Crippen LogP contribution >= 0.6 is 0 Å². The van der Waals surface area contributed by atoms with Crippen LogP contribution in [0.4, 0.5) is 0 Å². The van der Waals surface area contributed by atoms with E-state index in [4.69, 9.17) is 0 Å². The molecule has 2 heterocycles. The fourth-order valence-corrected chi connectivity index (χ4v) is 3.66. The first-order chi connectivity index (χ1) is 15.3. The molecule has 0 aliphatic carbocycles. The number of rotatable bonds is 9. The summed E-state index contributed by atoms with van der Waals surface area (Å²) in [6, 6.07) is 9.58. The van der Waals surface area contributed by atoms with Crippen molar-refractivity contribution in [2.75, 3.05) is 19.6 Å². The topological polar surface area (TPSA) is 96.3 Å². The van der Waals surface area contributed by atoms with Gasteiger partial charge in [-0.15, -0.1) is 0 Å². The zero-order valence-corrected chi connectivity index (χ0v) is 19.2. The van der Waals surface area contributed by atoms with E-state index in [-0.39, 0.29) is 36.4 Å². The maximum Gasteiger partial charge on any atom is 0.272 e. The van der Waals surface area contributed by atoms with Gasteiger partial charge in [0.05, 0.1) is 0 Å². The Kier molecular flexibility index (Phi) is 8.03. The van der Waals surface area contributed by atoms with E-state index in [1.165, 1.54) is 0 Å². The zero-order chi connectivity index (χ0) is 23.1. The lowest BCUT2D eigenvalue weighted by Crippen LogP contribution is -2.32. The second-order valence-corrected chi connectivity index (χ2v) is 8.68. The van der Waals surface area contributed by atoms with Crippen LogP contribution in [-0.4, -0.2) is 52.0 Å². The van der Waals surface area contributed by atoms with Gasteiger partial charge < -0.3 is 15.5 Å². The summed E-state index contributed by atoms with van der Waals surface area (Å²) in [5, 5.41) is 9.92. The van der Waals surface area contributed by atoms with Crippen LogP contribution in [0.3, 0.4) is 0 Å². The molecule has 1 aromatic heterocycles. The van der Waals surface area contributed by atoms with Crippen LogP contribution in [-0.2, 0) is 17.9 Å². The standard InChI is InChI=1S/C24H33N5O3/c1-17(2)9-11-25-22(30)10-12-26-23(31)20-15-21-24(32)28(13-6-14-29(21)27-20)16-19-8-5-4-7-18(19)3/h4-5,7-8,15,17H,6,9-14,16H2,1-3H3,(H,25,30)(H,26,31). The number of nitrogens with one attached hydrogen (secondary N) is 2. The number of carbonyl (C=O) groups excluding carboxylic acids is 3. The van der Waals surface area contributed by atoms with Gasteiger partial charge in [0, 0.05) is 45.2 Å². The monoisotopic (exact) mass is 439 g/mol. The number of hydrogen-bond acceptors (Lipinski definition) is 4. The van der Waals surface area contributed by atoms with Crippen LogP contribution in [0.2, 0.25) is 0 Å². The van der Waals surface area contributed by atoms with Crippen LogP contribution in [0.1, 0.15) is 65.2 Å². The van der Waals surface area contributed by atoms with E-state index in [9.17, 15) is 14.4 Å². The number of benzene rings is 1. The number of aromatic nitrogens is 2. The molecule has 2 N–H and O–H groups in total. The van der Waals surface area contributed by atoms with Gasteiger partial charge in [-0.3, -0.25) is 19.1 Å². The summed E-state index contributed by atoms with van der Waals surface area (Å²) in [5.74, 6) is -0.0595. The molecule has 1 aliphatic rings. The number of hydrogen-bond donors (Lipinski definition) is 2. The minimum Gasteiger partial charge on any atom is -0.356 e. The number of carbonyl (C=O) groups is 3. The fourth-order valence-electron chi connectivity index (χ4n) is 3.66. The molecule has 0 atom stereocenters. The Balaban J connectivity index is 1.57. The van der Waals surface area contributed by atoms with Crippen molar-refractivity contribution in [3.8, 4) is 0 Å². The summed E-state index contributed by atoms with van der Waals surface area (Å²) in [5.41, 5.74) is 2.88. The van der Waals surface area contributed by atoms with Crippen molar-refractivity contribution in [1.82, 2.24) is 25.3 Å². The van der Waals surface area contributed by atoms with Gasteiger partial charge in [0.2, 0.25) is 5.91 Å². The molecule has 0 fully saturated rings. The van der Waals surface area contributed by atoms with Crippen molar-refractivity contribution in [2.45, 2.75) is 53.1 Å². The van der Waals surface area contributed by atoms with Gasteiger partial charge in [-0.05, 0) is 36.8 Å². The van der Waals surface area contributed by atoms with Gasteiger partial charge in [-0.1, -0.05) is 38.1 Å². The highest BCUT2D eigenvalue weighted by atomic mass is 16.2. The predicted octanol–water partition coefficient (Wildman–Crippen LogP) is 2.52. The molecule has 0 saturated heterocycles. The molecule has 0 saturated carbocycles. The molecule has 3 rings (SSSR count). The third kappa shape index (κ3) is 6.18. The van der Waals surface area contributed by atoms with Crippen LogP contribution in [0.25, 0.3) is 0 Å². The Labute approximate surface area is 189 Å². The van der Waals surface area contributed by atoms with Gasteiger partial charge in [-0.25, -0.2) is 0 Å². The van der Waals surface area contributed by atoms with Crippen LogP contribution < -0.4 is 10.6 Å². The number of fused-ring (bicyclic) bond motifs is 1. The maximum atomic E-state index is 13.1. The molecule has 172 valence electrons. The lowest BCUT2D eigenvalue weighted by atomic mass is 10.1. The first-order valence-corrected chi connectivity index (χ1v) is 11.3. The van der Waals surface area contributed by atoms with Crippen LogP contribution in [0.15, 0.2) is 30.3 Å². The third-order valence-corrected chi connectivity index (χ3v) is 5.62. The highest BCUT2D eigenvalue weighted by molar-refractivity contribution is 5.98. The van der Waals surface area contributed by atoms with E-state index >= 15 is 0 Å². The van der Waals surface area contributed by atoms with Crippen molar-refractivity contribution >= 4 is 17.7 Å². The third-order valence-electron chi connectivity index (χ3n) is 5.62. The van der Waals surface area contributed by atoms with E-state index < -0.39 is 0 Å². The molecule has 3 amide bonds. The first-order valence-electron chi connectivity index (χ1n) is 11.3. The zero-order valence-electron chi connectivity index (χ0n) is 19.2. The maximum absolute atomic E-state index is 13.1. The Morgan fingerprint density at radius 1 is 1.12 bits per heavy atom. The average molecular weight is 440 g/mol. The smallest absolute Gasteiger partial charge is 0.272 e. The van der Waals surface area contributed by atoms with Gasteiger partial charge in [0.25, 0.3) is 11.8 Å². The van der Waals surface area contributed by atoms with Gasteiger partial charge in [0.1, 0.15) is 5.69 Å². The molecule has 0 radical (unpaired) electrons. The van der Waals surface area contributed by atoms with Gasteiger partial charge >= 0.3 is 0 Å². The van der Waals surface area contributed by atoms with E-state index in [1.54, 1.807) is 10.7 Å². The molecule has 0 unspecified atom stereocenters. The first kappa shape index (κ1) is 23.5. The predicted molar refractivity (Wildman–Crippen MR) is 122 cm³/mol. The molecular weight excluding hydrogens is 406 g/mol. The Morgan fingerprint density at radius 3 is 2.66 bits per heavy atom. The summed E-state index contributed by atoms with van der Waals surface area (Å²) < 4.78 is 1.62. The molecule has 8 heteroatoms. The van der Waals surface area contributed by atoms with Crippen molar-refractivity contribution in [3.63, 3.8) is 0 Å². The number of aryl methyl sites for hydroxylation is 2. The molecule has 8 nitrogen and oxygen atoms in total. The minimum absolute atomic E-state index is 0.0893. The van der Waals surface area contributed by atoms with Crippen molar-refractivity contribution in [1.29, 1.82) is 0 Å². The molecule has 2 aromatic rings. The van der Waals surface area contributed by atoms with Gasteiger partial charge in [0.15, 0.2) is 5.69 Å². The molecule has 1 aliphatic heterocycles. The van der Waals surface area contributed by atoms with E-state index in [0.717, 1.165) is 24.0 Å². The Morgan fingerprint density at radius 2 is 1.91 bits per heavy atom. The fraction of sp³-hybridized carbons (Fsp3) is 0.500. The number of nitrogens with zero attached hydrogens (tertiary/aromatic N) is 3. The normalized spacial score (nSPS) is 13.6. The lowest BCUT2D eigenvalue weighted by Gasteiger charge is -2.21. The van der Waals surface area contributed by atoms with Crippen LogP contribution in [0, 0.1) is 12.8 Å². The summed E-state index contributed by atoms with van der Waals surface area (Å²) in [7, 11) is 0. The number of amides is 3. The SMILES string of the molecule is Cc1ccccc1CN1CCCn2nc(C(=O)NCCC(=O)NCCC(C)C)cc2C1=O. The molecule has 32 heavy (non-hydrogen) atoms. The summed E-state index contributed by atoms with van der Waals surface area (Å²) in [4.78, 5) is 39.3. The molecular formula is C24H33N5O3. The quantitative estimate of drug-likeness (QED) is 0.628. The van der Waals surface area contributed by atoms with Crippen molar-refractivity contribution < 1.29 is 14.4 Å². The molecule has 0 spiro atoms. The highest BCUT2D eigenvalue weighted by Gasteiger charge is 2.26. The van der Waals surface area contributed by atoms with E-state index in [2.05, 4.69) is 29.6 Å². The summed E-state index contributed by atoms with van der Waals surface area (Å²) >= 11 is 0. The summed E-state index contributed by atoms with van der Waals surface area (Å²) in [6.07, 6.45) is 1.90. The molecule has 0 bridgehead atoms. The largest absolute Gasteiger partial charge is 0.356 e. The Bertz CT molecular complexity index is 966. The summed E-state index contributed by atoms with van der Waals surface area (Å²) in [6.45, 7) is 8.86. The Hall–Kier alpha value is -3.16. The highest BCUT2D eigenvalue weighted by Crippen LogP contribution is 2.18. The average Bonchev–Trinajstić information content (AvgIpc) is 3.12. The van der Waals surface area contributed by atoms with Crippen molar-refractivity contribution in [2.24, 2.45) is 5.92 Å². The van der Waals surface area contributed by atoms with Gasteiger partial charge in [-0.2, -0.15) is 5.10 Å².